The predicted octanol–water partition coefficient (Wildman–Crippen LogP) is 3.71. The Morgan fingerprint density at radius 1 is 0.867 bits per heavy atom. The summed E-state index contributed by atoms with van der Waals surface area (Å²) in [6, 6.07) is 20.6. The zero-order chi connectivity index (χ0) is 20.9. The minimum absolute atomic E-state index is 0.653. The van der Waals surface area contributed by atoms with Crippen molar-refractivity contribution in [2.45, 2.75) is 13.1 Å². The zero-order valence-electron chi connectivity index (χ0n) is 17.6. The number of pyridine rings is 2. The molecule has 2 heterocycles. The highest BCUT2D eigenvalue weighted by Gasteiger charge is 2.08. The molecule has 30 heavy (non-hydrogen) atoms. The van der Waals surface area contributed by atoms with E-state index in [4.69, 9.17) is 4.98 Å². The van der Waals surface area contributed by atoms with Gasteiger partial charge < -0.3 is 15.5 Å². The molecule has 4 rings (SSSR count). The number of nitrogens with one attached hydrogen (secondary N) is 2. The number of fused-ring (bicyclic) bond motifs is 2. The van der Waals surface area contributed by atoms with Gasteiger partial charge in [0.15, 0.2) is 5.96 Å². The summed E-state index contributed by atoms with van der Waals surface area (Å²) in [6.45, 7) is 1.32. The van der Waals surface area contributed by atoms with Crippen LogP contribution in [0.1, 0.15) is 11.1 Å². The second-order valence-corrected chi connectivity index (χ2v) is 7.32. The van der Waals surface area contributed by atoms with Crippen LogP contribution in [-0.2, 0) is 13.1 Å². The van der Waals surface area contributed by atoms with Crippen molar-refractivity contribution in [2.75, 3.05) is 26.0 Å². The molecule has 0 saturated heterocycles. The summed E-state index contributed by atoms with van der Waals surface area (Å²) < 4.78 is 0. The number of hydrogen-bond donors (Lipinski definition) is 2. The third-order valence-electron chi connectivity index (χ3n) is 5.10. The van der Waals surface area contributed by atoms with E-state index in [2.05, 4.69) is 38.8 Å². The predicted molar refractivity (Wildman–Crippen MR) is 125 cm³/mol. The van der Waals surface area contributed by atoms with Crippen LogP contribution >= 0.6 is 0 Å². The lowest BCUT2D eigenvalue weighted by Gasteiger charge is -2.17. The fourth-order valence-electron chi connectivity index (χ4n) is 3.50. The standard InChI is InChI=1S/C24H26N6/c1-25-24(27-15-17-12-13-26-21-10-6-4-8-19(17)21)28-16-18-14-23(30(2)3)29-22-11-7-5-9-20(18)22/h4-14H,15-16H2,1-3H3,(H2,25,27,28). The summed E-state index contributed by atoms with van der Waals surface area (Å²) in [6.07, 6.45) is 1.85. The van der Waals surface area contributed by atoms with Crippen molar-refractivity contribution in [3.8, 4) is 0 Å². The topological polar surface area (TPSA) is 65.4 Å². The molecule has 0 aliphatic heterocycles. The maximum atomic E-state index is 4.73. The van der Waals surface area contributed by atoms with Gasteiger partial charge in [0.05, 0.1) is 11.0 Å². The first-order valence-corrected chi connectivity index (χ1v) is 9.99. The summed E-state index contributed by atoms with van der Waals surface area (Å²) in [5.41, 5.74) is 4.36. The molecular weight excluding hydrogens is 372 g/mol. The molecule has 0 amide bonds. The Hall–Kier alpha value is -3.67. The van der Waals surface area contributed by atoms with Crippen molar-refractivity contribution < 1.29 is 0 Å². The fraction of sp³-hybridized carbons (Fsp3) is 0.208. The molecule has 6 nitrogen and oxygen atoms in total. The number of rotatable bonds is 5. The van der Waals surface area contributed by atoms with Gasteiger partial charge in [-0.3, -0.25) is 9.98 Å². The van der Waals surface area contributed by atoms with Crippen LogP contribution in [0, 0.1) is 0 Å². The smallest absolute Gasteiger partial charge is 0.191 e. The van der Waals surface area contributed by atoms with Gasteiger partial charge in [-0.05, 0) is 35.4 Å². The van der Waals surface area contributed by atoms with Crippen molar-refractivity contribution in [1.29, 1.82) is 0 Å². The summed E-state index contributed by atoms with van der Waals surface area (Å²) in [5.74, 6) is 1.69. The van der Waals surface area contributed by atoms with E-state index in [-0.39, 0.29) is 0 Å². The Balaban J connectivity index is 1.50. The van der Waals surface area contributed by atoms with Gasteiger partial charge in [-0.25, -0.2) is 4.98 Å². The largest absolute Gasteiger partial charge is 0.363 e. The molecule has 2 aromatic carbocycles. The van der Waals surface area contributed by atoms with Crippen LogP contribution in [-0.4, -0.2) is 37.1 Å². The van der Waals surface area contributed by atoms with Gasteiger partial charge in [0.2, 0.25) is 0 Å². The number of aliphatic imine (C=N–C) groups is 1. The lowest BCUT2D eigenvalue weighted by atomic mass is 10.1. The number of hydrogen-bond acceptors (Lipinski definition) is 4. The molecule has 0 fully saturated rings. The maximum Gasteiger partial charge on any atom is 0.191 e. The third kappa shape index (κ3) is 4.17. The van der Waals surface area contributed by atoms with Crippen molar-refractivity contribution in [2.24, 2.45) is 4.99 Å². The Morgan fingerprint density at radius 2 is 1.50 bits per heavy atom. The van der Waals surface area contributed by atoms with Crippen LogP contribution in [0.2, 0.25) is 0 Å². The molecule has 0 atom stereocenters. The number of anilines is 1. The highest BCUT2D eigenvalue weighted by molar-refractivity contribution is 5.86. The molecule has 0 radical (unpaired) electrons. The normalized spacial score (nSPS) is 11.6. The second kappa shape index (κ2) is 8.78. The Labute approximate surface area is 176 Å². The summed E-state index contributed by atoms with van der Waals surface area (Å²) in [5, 5.41) is 9.15. The first kappa shape index (κ1) is 19.6. The van der Waals surface area contributed by atoms with Crippen molar-refractivity contribution in [3.05, 3.63) is 78.0 Å². The molecule has 2 aromatic heterocycles. The maximum absolute atomic E-state index is 4.73. The molecule has 0 aliphatic rings. The van der Waals surface area contributed by atoms with Crippen LogP contribution in [0.15, 0.2) is 71.9 Å². The SMILES string of the molecule is CN=C(NCc1ccnc2ccccc12)NCc1cc(N(C)C)nc2ccccc12. The highest BCUT2D eigenvalue weighted by Crippen LogP contribution is 2.22. The molecule has 0 bridgehead atoms. The molecule has 0 unspecified atom stereocenters. The highest BCUT2D eigenvalue weighted by atomic mass is 15.2. The van der Waals surface area contributed by atoms with Crippen molar-refractivity contribution in [1.82, 2.24) is 20.6 Å². The minimum atomic E-state index is 0.653. The zero-order valence-corrected chi connectivity index (χ0v) is 17.6. The summed E-state index contributed by atoms with van der Waals surface area (Å²) in [7, 11) is 5.80. The second-order valence-electron chi connectivity index (χ2n) is 7.32. The Bertz CT molecular complexity index is 1190. The van der Waals surface area contributed by atoms with Gasteiger partial charge >= 0.3 is 0 Å². The lowest BCUT2D eigenvalue weighted by molar-refractivity contribution is 0.813. The van der Waals surface area contributed by atoms with E-state index in [0.717, 1.165) is 33.6 Å². The molecule has 0 spiro atoms. The molecule has 0 saturated carbocycles. The van der Waals surface area contributed by atoms with Crippen LogP contribution in [0.4, 0.5) is 5.82 Å². The van der Waals surface area contributed by atoms with E-state index in [0.29, 0.717) is 13.1 Å². The van der Waals surface area contributed by atoms with Gasteiger partial charge in [0, 0.05) is 51.2 Å². The number of aromatic nitrogens is 2. The summed E-state index contributed by atoms with van der Waals surface area (Å²) in [4.78, 5) is 15.6. The quantitative estimate of drug-likeness (QED) is 0.396. The van der Waals surface area contributed by atoms with E-state index in [1.807, 2.05) is 67.7 Å². The molecule has 152 valence electrons. The first-order chi connectivity index (χ1) is 14.7. The first-order valence-electron chi connectivity index (χ1n) is 9.99. The molecule has 4 aromatic rings. The van der Waals surface area contributed by atoms with Gasteiger partial charge in [0.1, 0.15) is 5.82 Å². The van der Waals surface area contributed by atoms with E-state index < -0.39 is 0 Å². The van der Waals surface area contributed by atoms with E-state index in [1.165, 1.54) is 11.1 Å². The van der Waals surface area contributed by atoms with Crippen LogP contribution < -0.4 is 15.5 Å². The molecular formula is C24H26N6. The number of para-hydroxylation sites is 2. The monoisotopic (exact) mass is 398 g/mol. The van der Waals surface area contributed by atoms with Gasteiger partial charge in [-0.1, -0.05) is 36.4 Å². The van der Waals surface area contributed by atoms with Crippen LogP contribution in [0.5, 0.6) is 0 Å². The average molecular weight is 399 g/mol. The number of nitrogens with zero attached hydrogens (tertiary/aromatic N) is 4. The molecule has 2 N–H and O–H groups in total. The van der Waals surface area contributed by atoms with Gasteiger partial charge in [0.25, 0.3) is 0 Å². The number of benzene rings is 2. The van der Waals surface area contributed by atoms with Crippen molar-refractivity contribution in [3.63, 3.8) is 0 Å². The van der Waals surface area contributed by atoms with Gasteiger partial charge in [-0.2, -0.15) is 0 Å². The van der Waals surface area contributed by atoms with Crippen LogP contribution in [0.3, 0.4) is 0 Å². The Morgan fingerprint density at radius 3 is 2.20 bits per heavy atom. The van der Waals surface area contributed by atoms with E-state index in [9.17, 15) is 0 Å². The Kier molecular flexibility index (Phi) is 5.75. The average Bonchev–Trinajstić information content (AvgIpc) is 2.78. The van der Waals surface area contributed by atoms with Gasteiger partial charge in [-0.15, -0.1) is 0 Å². The van der Waals surface area contributed by atoms with Crippen LogP contribution in [0.25, 0.3) is 21.8 Å². The summed E-state index contributed by atoms with van der Waals surface area (Å²) >= 11 is 0. The van der Waals surface area contributed by atoms with E-state index in [1.54, 1.807) is 7.05 Å². The third-order valence-corrected chi connectivity index (χ3v) is 5.10. The molecule has 6 heteroatoms. The molecule has 0 aliphatic carbocycles. The number of guanidine groups is 1. The van der Waals surface area contributed by atoms with E-state index >= 15 is 0 Å². The van der Waals surface area contributed by atoms with Crippen molar-refractivity contribution >= 4 is 33.6 Å². The fourth-order valence-corrected chi connectivity index (χ4v) is 3.50. The minimum Gasteiger partial charge on any atom is -0.363 e. The lowest BCUT2D eigenvalue weighted by Crippen LogP contribution is -2.36.